The number of esters is 1. The molecule has 0 bridgehead atoms. The third-order valence-electron chi connectivity index (χ3n) is 2.83. The first-order valence-corrected chi connectivity index (χ1v) is 7.55. The third-order valence-corrected chi connectivity index (χ3v) is 3.36. The largest absolute Gasteiger partial charge is 0.481 e. The molecule has 0 saturated heterocycles. The van der Waals surface area contributed by atoms with Crippen molar-refractivity contribution >= 4 is 27.8 Å². The summed E-state index contributed by atoms with van der Waals surface area (Å²) < 4.78 is 11.2. The molecule has 0 radical (unpaired) electrons. The normalized spacial score (nSPS) is 11.6. The van der Waals surface area contributed by atoms with E-state index in [1.165, 1.54) is 12.0 Å². The standard InChI is InChI=1S/C15H20BrNO4/c1-4-9-17(10-14(18)20-3)15(19)11(2)21-13-7-5-12(16)6-8-13/h5-8,11H,4,9-10H2,1-3H3. The first kappa shape index (κ1) is 17.5. The second kappa shape index (κ2) is 8.67. The molecule has 1 unspecified atom stereocenters. The van der Waals surface area contributed by atoms with Crippen molar-refractivity contribution in [3.05, 3.63) is 28.7 Å². The molecule has 0 N–H and O–H groups in total. The molecule has 0 aliphatic carbocycles. The van der Waals surface area contributed by atoms with Crippen LogP contribution in [-0.4, -0.2) is 43.1 Å². The fraction of sp³-hybridized carbons (Fsp3) is 0.467. The minimum absolute atomic E-state index is 0.0583. The Morgan fingerprint density at radius 3 is 2.43 bits per heavy atom. The van der Waals surface area contributed by atoms with Crippen molar-refractivity contribution in [2.75, 3.05) is 20.2 Å². The van der Waals surface area contributed by atoms with Crippen LogP contribution in [0.1, 0.15) is 20.3 Å². The first-order valence-electron chi connectivity index (χ1n) is 6.75. The van der Waals surface area contributed by atoms with E-state index in [1.54, 1.807) is 19.1 Å². The van der Waals surface area contributed by atoms with Crippen LogP contribution >= 0.6 is 15.9 Å². The van der Waals surface area contributed by atoms with Crippen molar-refractivity contribution in [3.8, 4) is 5.75 Å². The van der Waals surface area contributed by atoms with Crippen molar-refractivity contribution in [3.63, 3.8) is 0 Å². The summed E-state index contributed by atoms with van der Waals surface area (Å²) in [5, 5.41) is 0. The van der Waals surface area contributed by atoms with Gasteiger partial charge in [-0.2, -0.15) is 0 Å². The molecule has 1 aromatic rings. The number of carbonyl (C=O) groups excluding carboxylic acids is 2. The smallest absolute Gasteiger partial charge is 0.325 e. The number of halogens is 1. The Bertz CT molecular complexity index is 475. The summed E-state index contributed by atoms with van der Waals surface area (Å²) >= 11 is 3.34. The van der Waals surface area contributed by atoms with Crippen LogP contribution in [0.15, 0.2) is 28.7 Å². The quantitative estimate of drug-likeness (QED) is 0.704. The first-order chi connectivity index (χ1) is 9.97. The third kappa shape index (κ3) is 5.75. The zero-order valence-electron chi connectivity index (χ0n) is 12.5. The second-order valence-electron chi connectivity index (χ2n) is 4.55. The highest BCUT2D eigenvalue weighted by Gasteiger charge is 2.23. The Labute approximate surface area is 133 Å². The average molecular weight is 358 g/mol. The topological polar surface area (TPSA) is 55.8 Å². The van der Waals surface area contributed by atoms with Gasteiger partial charge in [-0.25, -0.2) is 0 Å². The summed E-state index contributed by atoms with van der Waals surface area (Å²) in [5.41, 5.74) is 0. The molecule has 0 aliphatic rings. The van der Waals surface area contributed by atoms with Crippen LogP contribution in [0.25, 0.3) is 0 Å². The number of carbonyl (C=O) groups is 2. The summed E-state index contributed by atoms with van der Waals surface area (Å²) in [4.78, 5) is 25.2. The van der Waals surface area contributed by atoms with Gasteiger partial charge in [-0.15, -0.1) is 0 Å². The molecule has 21 heavy (non-hydrogen) atoms. The summed E-state index contributed by atoms with van der Waals surface area (Å²) in [6.07, 6.45) is 0.0932. The van der Waals surface area contributed by atoms with Gasteiger partial charge in [0.05, 0.1) is 7.11 Å². The maximum absolute atomic E-state index is 12.3. The fourth-order valence-electron chi connectivity index (χ4n) is 1.78. The molecular weight excluding hydrogens is 338 g/mol. The number of hydrogen-bond acceptors (Lipinski definition) is 4. The lowest BCUT2D eigenvalue weighted by Crippen LogP contribution is -2.43. The van der Waals surface area contributed by atoms with Gasteiger partial charge in [0, 0.05) is 11.0 Å². The molecule has 0 aromatic heterocycles. The fourth-order valence-corrected chi connectivity index (χ4v) is 2.05. The molecular formula is C15H20BrNO4. The molecule has 0 heterocycles. The van der Waals surface area contributed by atoms with Crippen LogP contribution < -0.4 is 4.74 Å². The number of amides is 1. The van der Waals surface area contributed by atoms with Crippen LogP contribution in [0.3, 0.4) is 0 Å². The van der Waals surface area contributed by atoms with Crippen LogP contribution in [0.2, 0.25) is 0 Å². The zero-order chi connectivity index (χ0) is 15.8. The lowest BCUT2D eigenvalue weighted by Gasteiger charge is -2.24. The minimum Gasteiger partial charge on any atom is -0.481 e. The number of rotatable bonds is 7. The Kier molecular flexibility index (Phi) is 7.22. The molecule has 0 aliphatic heterocycles. The van der Waals surface area contributed by atoms with Gasteiger partial charge in [0.1, 0.15) is 12.3 Å². The van der Waals surface area contributed by atoms with Crippen molar-refractivity contribution in [1.29, 1.82) is 0 Å². The summed E-state index contributed by atoms with van der Waals surface area (Å²) in [6, 6.07) is 7.23. The van der Waals surface area contributed by atoms with E-state index in [2.05, 4.69) is 20.7 Å². The van der Waals surface area contributed by atoms with Crippen LogP contribution in [0.5, 0.6) is 5.75 Å². The maximum Gasteiger partial charge on any atom is 0.325 e. The van der Waals surface area contributed by atoms with Gasteiger partial charge >= 0.3 is 5.97 Å². The Hall–Kier alpha value is -1.56. The Balaban J connectivity index is 2.68. The number of benzene rings is 1. The number of nitrogens with zero attached hydrogens (tertiary/aromatic N) is 1. The van der Waals surface area contributed by atoms with E-state index in [1.807, 2.05) is 19.1 Å². The Morgan fingerprint density at radius 1 is 1.29 bits per heavy atom. The van der Waals surface area contributed by atoms with E-state index in [9.17, 15) is 9.59 Å². The van der Waals surface area contributed by atoms with E-state index in [4.69, 9.17) is 4.74 Å². The van der Waals surface area contributed by atoms with E-state index in [-0.39, 0.29) is 12.5 Å². The van der Waals surface area contributed by atoms with Gasteiger partial charge in [-0.1, -0.05) is 22.9 Å². The molecule has 0 fully saturated rings. The number of ether oxygens (including phenoxy) is 2. The predicted molar refractivity (Wildman–Crippen MR) is 83.1 cm³/mol. The van der Waals surface area contributed by atoms with Crippen molar-refractivity contribution < 1.29 is 19.1 Å². The Morgan fingerprint density at radius 2 is 1.90 bits per heavy atom. The zero-order valence-corrected chi connectivity index (χ0v) is 14.1. The van der Waals surface area contributed by atoms with Gasteiger partial charge in [0.25, 0.3) is 5.91 Å². The molecule has 5 nitrogen and oxygen atoms in total. The summed E-state index contributed by atoms with van der Waals surface area (Å²) in [7, 11) is 1.30. The molecule has 1 atom stereocenters. The number of methoxy groups -OCH3 is 1. The van der Waals surface area contributed by atoms with Crippen molar-refractivity contribution in [2.45, 2.75) is 26.4 Å². The highest BCUT2D eigenvalue weighted by Crippen LogP contribution is 2.17. The van der Waals surface area contributed by atoms with E-state index in [0.29, 0.717) is 12.3 Å². The molecule has 1 aromatic carbocycles. The van der Waals surface area contributed by atoms with Gasteiger partial charge in [-0.3, -0.25) is 9.59 Å². The summed E-state index contributed by atoms with van der Waals surface area (Å²) in [5.74, 6) is -0.0635. The summed E-state index contributed by atoms with van der Waals surface area (Å²) in [6.45, 7) is 4.04. The van der Waals surface area contributed by atoms with Crippen LogP contribution in [-0.2, 0) is 14.3 Å². The molecule has 1 rings (SSSR count). The molecule has 1 amide bonds. The highest BCUT2D eigenvalue weighted by atomic mass is 79.9. The highest BCUT2D eigenvalue weighted by molar-refractivity contribution is 9.10. The van der Waals surface area contributed by atoms with Gasteiger partial charge < -0.3 is 14.4 Å². The van der Waals surface area contributed by atoms with Gasteiger partial charge in [0.2, 0.25) is 0 Å². The predicted octanol–water partition coefficient (Wildman–Crippen LogP) is 2.63. The monoisotopic (exact) mass is 357 g/mol. The minimum atomic E-state index is -0.664. The second-order valence-corrected chi connectivity index (χ2v) is 5.47. The van der Waals surface area contributed by atoms with E-state index < -0.39 is 12.1 Å². The van der Waals surface area contributed by atoms with Crippen LogP contribution in [0.4, 0.5) is 0 Å². The lowest BCUT2D eigenvalue weighted by atomic mass is 10.3. The SMILES string of the molecule is CCCN(CC(=O)OC)C(=O)C(C)Oc1ccc(Br)cc1. The number of hydrogen-bond donors (Lipinski definition) is 0. The molecule has 6 heteroatoms. The molecule has 0 spiro atoms. The van der Waals surface area contributed by atoms with Crippen LogP contribution in [0, 0.1) is 0 Å². The van der Waals surface area contributed by atoms with Crippen molar-refractivity contribution in [1.82, 2.24) is 4.90 Å². The lowest BCUT2D eigenvalue weighted by molar-refractivity contribution is -0.149. The van der Waals surface area contributed by atoms with Gasteiger partial charge in [0.15, 0.2) is 6.10 Å². The van der Waals surface area contributed by atoms with E-state index >= 15 is 0 Å². The average Bonchev–Trinajstić information content (AvgIpc) is 2.48. The van der Waals surface area contributed by atoms with Gasteiger partial charge in [-0.05, 0) is 37.6 Å². The molecule has 0 saturated carbocycles. The molecule has 116 valence electrons. The van der Waals surface area contributed by atoms with Crippen molar-refractivity contribution in [2.24, 2.45) is 0 Å². The van der Waals surface area contributed by atoms with E-state index in [0.717, 1.165) is 10.9 Å². The maximum atomic E-state index is 12.3.